The molecule has 0 atom stereocenters. The minimum absolute atomic E-state index is 0.256. The Morgan fingerprint density at radius 3 is 2.84 bits per heavy atom. The molecule has 6 nitrogen and oxygen atoms in total. The molecule has 0 bridgehead atoms. The van der Waals surface area contributed by atoms with Gasteiger partial charge in [0.25, 0.3) is 0 Å². The van der Waals surface area contributed by atoms with Gasteiger partial charge in [0.1, 0.15) is 11.6 Å². The third kappa shape index (κ3) is 5.00. The van der Waals surface area contributed by atoms with Gasteiger partial charge in [0.2, 0.25) is 5.95 Å². The van der Waals surface area contributed by atoms with Gasteiger partial charge >= 0.3 is 0 Å². The summed E-state index contributed by atoms with van der Waals surface area (Å²) in [4.78, 5) is 10.5. The number of nitrogens with two attached hydrogens (primary N) is 1. The number of aromatic nitrogens is 2. The number of unbranched alkanes of at least 4 members (excludes halogenated alkanes) is 1. The van der Waals surface area contributed by atoms with Crippen molar-refractivity contribution in [2.75, 3.05) is 24.7 Å². The molecule has 1 aromatic carbocycles. The van der Waals surface area contributed by atoms with Gasteiger partial charge in [-0.15, -0.1) is 0 Å². The molecule has 0 unspecified atom stereocenters. The van der Waals surface area contributed by atoms with Crippen LogP contribution in [0.5, 0.6) is 5.75 Å². The number of hydrogen-bond donors (Lipinski definition) is 2. The van der Waals surface area contributed by atoms with Crippen molar-refractivity contribution in [2.45, 2.75) is 42.9 Å². The number of ether oxygens (including phenoxy) is 1. The van der Waals surface area contributed by atoms with Gasteiger partial charge in [0.05, 0.1) is 35.1 Å². The van der Waals surface area contributed by atoms with Crippen LogP contribution in [-0.2, 0) is 6.42 Å². The van der Waals surface area contributed by atoms with Crippen LogP contribution >= 0.6 is 11.8 Å². The lowest BCUT2D eigenvalue weighted by molar-refractivity contribution is 0.404. The van der Waals surface area contributed by atoms with Crippen molar-refractivity contribution in [1.82, 2.24) is 9.97 Å². The molecule has 2 rings (SSSR count). The molecule has 0 amide bonds. The van der Waals surface area contributed by atoms with Gasteiger partial charge in [-0.05, 0) is 31.0 Å². The van der Waals surface area contributed by atoms with Crippen molar-refractivity contribution in [1.29, 1.82) is 5.26 Å². The van der Waals surface area contributed by atoms with E-state index in [1.54, 1.807) is 7.11 Å². The van der Waals surface area contributed by atoms with Crippen LogP contribution in [0.25, 0.3) is 0 Å². The maximum atomic E-state index is 8.93. The second-order valence-electron chi connectivity index (χ2n) is 5.55. The second kappa shape index (κ2) is 9.14. The molecule has 1 aromatic heterocycles. The predicted octanol–water partition coefficient (Wildman–Crippen LogP) is 3.81. The molecule has 7 heteroatoms. The van der Waals surface area contributed by atoms with Crippen molar-refractivity contribution < 1.29 is 4.74 Å². The molecule has 3 N–H and O–H groups in total. The summed E-state index contributed by atoms with van der Waals surface area (Å²) in [5, 5.41) is 12.3. The first kappa shape index (κ1) is 18.9. The normalized spacial score (nSPS) is 10.3. The zero-order valence-electron chi connectivity index (χ0n) is 14.8. The Morgan fingerprint density at radius 2 is 2.16 bits per heavy atom. The molecular formula is C18H23N5OS. The fourth-order valence-corrected chi connectivity index (χ4v) is 3.41. The summed E-state index contributed by atoms with van der Waals surface area (Å²) >= 11 is 1.52. The first-order valence-electron chi connectivity index (χ1n) is 8.18. The lowest BCUT2D eigenvalue weighted by Gasteiger charge is -2.15. The first-order chi connectivity index (χ1) is 12.1. The van der Waals surface area contributed by atoms with E-state index in [0.29, 0.717) is 6.42 Å². The Labute approximate surface area is 152 Å². The zero-order valence-corrected chi connectivity index (χ0v) is 15.6. The summed E-state index contributed by atoms with van der Waals surface area (Å²) in [6, 6.07) is 7.93. The van der Waals surface area contributed by atoms with Crippen LogP contribution in [0.4, 0.5) is 11.8 Å². The summed E-state index contributed by atoms with van der Waals surface area (Å²) in [5.74, 6) is 1.74. The van der Waals surface area contributed by atoms with Gasteiger partial charge < -0.3 is 15.8 Å². The molecule has 0 saturated heterocycles. The SMILES string of the molecule is CCCCNc1nc(N)nc(C)c1Sc1cc(CC#N)ccc1OC. The van der Waals surface area contributed by atoms with E-state index in [2.05, 4.69) is 28.3 Å². The molecule has 0 fully saturated rings. The number of anilines is 2. The fraction of sp³-hybridized carbons (Fsp3) is 0.389. The van der Waals surface area contributed by atoms with Gasteiger partial charge in [-0.25, -0.2) is 4.98 Å². The predicted molar refractivity (Wildman–Crippen MR) is 101 cm³/mol. The van der Waals surface area contributed by atoms with Crippen LogP contribution in [-0.4, -0.2) is 23.6 Å². The number of nitrogens with zero attached hydrogens (tertiary/aromatic N) is 3. The summed E-state index contributed by atoms with van der Waals surface area (Å²) in [5.41, 5.74) is 7.57. The lowest BCUT2D eigenvalue weighted by atomic mass is 10.2. The molecule has 132 valence electrons. The van der Waals surface area contributed by atoms with Gasteiger partial charge in [-0.3, -0.25) is 0 Å². The number of benzene rings is 1. The highest BCUT2D eigenvalue weighted by molar-refractivity contribution is 7.99. The van der Waals surface area contributed by atoms with Crippen LogP contribution in [0.1, 0.15) is 31.0 Å². The van der Waals surface area contributed by atoms with Crippen LogP contribution < -0.4 is 15.8 Å². The van der Waals surface area contributed by atoms with Crippen LogP contribution in [0.15, 0.2) is 28.0 Å². The van der Waals surface area contributed by atoms with Gasteiger partial charge in [-0.2, -0.15) is 10.2 Å². The molecule has 0 aliphatic heterocycles. The number of aryl methyl sites for hydroxylation is 1. The highest BCUT2D eigenvalue weighted by Gasteiger charge is 2.15. The van der Waals surface area contributed by atoms with E-state index in [9.17, 15) is 0 Å². The first-order valence-corrected chi connectivity index (χ1v) is 9.00. The standard InChI is InChI=1S/C18H23N5OS/c1-4-5-10-21-17-16(12(2)22-18(20)23-17)25-15-11-13(8-9-19)6-7-14(15)24-3/h6-7,11H,4-5,8,10H2,1-3H3,(H3,20,21,22,23). The summed E-state index contributed by atoms with van der Waals surface area (Å²) in [6.07, 6.45) is 2.50. The molecule has 0 aliphatic rings. The number of nitrogen functional groups attached to an aromatic ring is 1. The van der Waals surface area contributed by atoms with E-state index < -0.39 is 0 Å². The molecular weight excluding hydrogens is 334 g/mol. The fourth-order valence-electron chi connectivity index (χ4n) is 2.32. The third-order valence-corrected chi connectivity index (χ3v) is 4.83. The number of hydrogen-bond acceptors (Lipinski definition) is 7. The number of methoxy groups -OCH3 is 1. The third-order valence-electron chi connectivity index (χ3n) is 3.60. The van der Waals surface area contributed by atoms with Crippen LogP contribution in [0, 0.1) is 18.3 Å². The monoisotopic (exact) mass is 357 g/mol. The van der Waals surface area contributed by atoms with Gasteiger partial charge in [0, 0.05) is 6.54 Å². The summed E-state index contributed by atoms with van der Waals surface area (Å²) in [7, 11) is 1.64. The lowest BCUT2D eigenvalue weighted by Crippen LogP contribution is -2.08. The average molecular weight is 357 g/mol. The Bertz CT molecular complexity index is 773. The molecule has 25 heavy (non-hydrogen) atoms. The average Bonchev–Trinajstić information content (AvgIpc) is 2.58. The van der Waals surface area contributed by atoms with Crippen LogP contribution in [0.3, 0.4) is 0 Å². The van der Waals surface area contributed by atoms with Gasteiger partial charge in [0.15, 0.2) is 0 Å². The van der Waals surface area contributed by atoms with Gasteiger partial charge in [-0.1, -0.05) is 31.2 Å². The van der Waals surface area contributed by atoms with Crippen molar-refractivity contribution in [3.8, 4) is 11.8 Å². The molecule has 0 aliphatic carbocycles. The van der Waals surface area contributed by atoms with E-state index in [0.717, 1.165) is 52.0 Å². The zero-order chi connectivity index (χ0) is 18.2. The quantitative estimate of drug-likeness (QED) is 0.693. The molecule has 0 radical (unpaired) electrons. The van der Waals surface area contributed by atoms with E-state index in [1.165, 1.54) is 11.8 Å². The van der Waals surface area contributed by atoms with E-state index in [1.807, 2.05) is 25.1 Å². The maximum absolute atomic E-state index is 8.93. The van der Waals surface area contributed by atoms with E-state index in [-0.39, 0.29) is 5.95 Å². The number of nitriles is 1. The van der Waals surface area contributed by atoms with Crippen LogP contribution in [0.2, 0.25) is 0 Å². The smallest absolute Gasteiger partial charge is 0.222 e. The topological polar surface area (TPSA) is 96.9 Å². The minimum Gasteiger partial charge on any atom is -0.496 e. The second-order valence-corrected chi connectivity index (χ2v) is 6.60. The summed E-state index contributed by atoms with van der Waals surface area (Å²) in [6.45, 7) is 4.88. The largest absolute Gasteiger partial charge is 0.496 e. The number of rotatable bonds is 8. The Morgan fingerprint density at radius 1 is 1.36 bits per heavy atom. The van der Waals surface area contributed by atoms with Crippen molar-refractivity contribution in [3.05, 3.63) is 29.5 Å². The number of nitrogens with one attached hydrogen (secondary N) is 1. The highest BCUT2D eigenvalue weighted by atomic mass is 32.2. The van der Waals surface area contributed by atoms with Crippen molar-refractivity contribution in [2.24, 2.45) is 0 Å². The van der Waals surface area contributed by atoms with E-state index >= 15 is 0 Å². The maximum Gasteiger partial charge on any atom is 0.222 e. The molecule has 2 aromatic rings. The Kier molecular flexibility index (Phi) is 6.90. The highest BCUT2D eigenvalue weighted by Crippen LogP contribution is 2.40. The van der Waals surface area contributed by atoms with Crippen molar-refractivity contribution in [3.63, 3.8) is 0 Å². The van der Waals surface area contributed by atoms with Crippen molar-refractivity contribution >= 4 is 23.5 Å². The Hall–Kier alpha value is -2.46. The summed E-state index contributed by atoms with van der Waals surface area (Å²) < 4.78 is 5.46. The minimum atomic E-state index is 0.256. The molecule has 1 heterocycles. The molecule has 0 saturated carbocycles. The van der Waals surface area contributed by atoms with E-state index in [4.69, 9.17) is 15.7 Å². The molecule has 0 spiro atoms. The Balaban J connectivity index is 2.38.